The van der Waals surface area contributed by atoms with Gasteiger partial charge in [0.15, 0.2) is 0 Å². The Morgan fingerprint density at radius 1 is 1.57 bits per heavy atom. The van der Waals surface area contributed by atoms with Crippen molar-refractivity contribution in [1.29, 1.82) is 0 Å². The highest BCUT2D eigenvalue weighted by atomic mass is 19.1. The summed E-state index contributed by atoms with van der Waals surface area (Å²) in [6.45, 7) is 0. The third-order valence-corrected chi connectivity index (χ3v) is 2.03. The van der Waals surface area contributed by atoms with E-state index in [4.69, 9.17) is 12.3 Å². The summed E-state index contributed by atoms with van der Waals surface area (Å²) < 4.78 is 12.9. The fraction of sp³-hybridized carbons (Fsp3) is 0.273. The first-order valence-electron chi connectivity index (χ1n) is 4.43. The van der Waals surface area contributed by atoms with Crippen LogP contribution in [0.15, 0.2) is 24.3 Å². The summed E-state index contributed by atoms with van der Waals surface area (Å²) >= 11 is 0. The molecule has 1 atom stereocenters. The minimum absolute atomic E-state index is 0.0817. The molecule has 1 unspecified atom stereocenters. The molecule has 0 saturated carbocycles. The Bertz CT molecular complexity index is 330. The van der Waals surface area contributed by atoms with Crippen LogP contribution in [0.2, 0.25) is 0 Å². The predicted octanol–water partition coefficient (Wildman–Crippen LogP) is 1.74. The smallest absolute Gasteiger partial charge is 0.123 e. The summed E-state index contributed by atoms with van der Waals surface area (Å²) in [6.07, 6.45) is 6.47. The normalized spacial score (nSPS) is 12.1. The van der Waals surface area contributed by atoms with E-state index in [9.17, 15) is 4.39 Å². The molecule has 0 spiro atoms. The van der Waals surface area contributed by atoms with Gasteiger partial charge in [0.25, 0.3) is 0 Å². The standard InChI is InChI=1S/C11H13FN2/c1-2-3-7-11(14-13)9-5-4-6-10(12)8-9/h1,4-6,8,11,14H,3,7,13H2. The zero-order valence-corrected chi connectivity index (χ0v) is 7.83. The molecule has 0 aliphatic heterocycles. The summed E-state index contributed by atoms with van der Waals surface area (Å²) in [7, 11) is 0. The molecule has 14 heavy (non-hydrogen) atoms. The van der Waals surface area contributed by atoms with E-state index in [1.165, 1.54) is 12.1 Å². The number of nitrogens with two attached hydrogens (primary N) is 1. The van der Waals surface area contributed by atoms with Crippen molar-refractivity contribution in [3.05, 3.63) is 35.6 Å². The molecule has 0 radical (unpaired) electrons. The molecule has 1 aromatic rings. The zero-order valence-electron chi connectivity index (χ0n) is 7.83. The van der Waals surface area contributed by atoms with E-state index in [1.54, 1.807) is 6.07 Å². The van der Waals surface area contributed by atoms with Gasteiger partial charge in [-0.2, -0.15) is 0 Å². The Morgan fingerprint density at radius 2 is 2.36 bits per heavy atom. The van der Waals surface area contributed by atoms with Crippen molar-refractivity contribution in [2.75, 3.05) is 0 Å². The number of hydrogen-bond donors (Lipinski definition) is 2. The number of halogens is 1. The minimum atomic E-state index is -0.261. The molecule has 0 aliphatic rings. The lowest BCUT2D eigenvalue weighted by atomic mass is 10.0. The van der Waals surface area contributed by atoms with Gasteiger partial charge in [-0.1, -0.05) is 12.1 Å². The van der Waals surface area contributed by atoms with Crippen LogP contribution < -0.4 is 11.3 Å². The molecule has 0 amide bonds. The molecule has 1 aromatic carbocycles. The fourth-order valence-electron chi connectivity index (χ4n) is 1.30. The molecule has 1 rings (SSSR count). The molecule has 0 aromatic heterocycles. The molecular weight excluding hydrogens is 179 g/mol. The summed E-state index contributed by atoms with van der Waals surface area (Å²) in [4.78, 5) is 0. The van der Waals surface area contributed by atoms with Gasteiger partial charge in [0.05, 0.1) is 0 Å². The summed E-state index contributed by atoms with van der Waals surface area (Å²) in [5, 5.41) is 0. The Balaban J connectivity index is 2.74. The highest BCUT2D eigenvalue weighted by Gasteiger charge is 2.08. The number of hydrogen-bond acceptors (Lipinski definition) is 2. The number of hydrazine groups is 1. The largest absolute Gasteiger partial charge is 0.271 e. The van der Waals surface area contributed by atoms with Crippen LogP contribution in [0, 0.1) is 18.2 Å². The highest BCUT2D eigenvalue weighted by molar-refractivity contribution is 5.20. The topological polar surface area (TPSA) is 38.0 Å². The number of benzene rings is 1. The van der Waals surface area contributed by atoms with Gasteiger partial charge in [-0.15, -0.1) is 12.3 Å². The van der Waals surface area contributed by atoms with Gasteiger partial charge in [-0.3, -0.25) is 11.3 Å². The molecule has 3 heteroatoms. The first kappa shape index (κ1) is 10.7. The van der Waals surface area contributed by atoms with Crippen molar-refractivity contribution in [1.82, 2.24) is 5.43 Å². The van der Waals surface area contributed by atoms with Crippen LogP contribution in [0.4, 0.5) is 4.39 Å². The van der Waals surface area contributed by atoms with Crippen LogP contribution in [0.25, 0.3) is 0 Å². The fourth-order valence-corrected chi connectivity index (χ4v) is 1.30. The first-order chi connectivity index (χ1) is 6.77. The second-order valence-corrected chi connectivity index (χ2v) is 3.02. The van der Waals surface area contributed by atoms with E-state index in [1.807, 2.05) is 6.07 Å². The lowest BCUT2D eigenvalue weighted by molar-refractivity contribution is 0.519. The molecule has 2 nitrogen and oxygen atoms in total. The van der Waals surface area contributed by atoms with E-state index >= 15 is 0 Å². The maximum atomic E-state index is 12.9. The van der Waals surface area contributed by atoms with Gasteiger partial charge in [-0.25, -0.2) is 4.39 Å². The third-order valence-electron chi connectivity index (χ3n) is 2.03. The molecule has 0 fully saturated rings. The SMILES string of the molecule is C#CCCC(NN)c1cccc(F)c1. The Hall–Kier alpha value is -1.37. The van der Waals surface area contributed by atoms with Gasteiger partial charge >= 0.3 is 0 Å². The van der Waals surface area contributed by atoms with Crippen molar-refractivity contribution in [3.63, 3.8) is 0 Å². The van der Waals surface area contributed by atoms with Gasteiger partial charge in [-0.05, 0) is 24.1 Å². The maximum Gasteiger partial charge on any atom is 0.123 e. The van der Waals surface area contributed by atoms with Gasteiger partial charge in [0, 0.05) is 12.5 Å². The van der Waals surface area contributed by atoms with E-state index in [0.29, 0.717) is 12.8 Å². The van der Waals surface area contributed by atoms with E-state index in [0.717, 1.165) is 5.56 Å². The van der Waals surface area contributed by atoms with Gasteiger partial charge in [0.2, 0.25) is 0 Å². The predicted molar refractivity (Wildman–Crippen MR) is 54.5 cm³/mol. The molecular formula is C11H13FN2. The Kier molecular flexibility index (Phi) is 4.11. The summed E-state index contributed by atoms with van der Waals surface area (Å²) in [5.41, 5.74) is 3.44. The van der Waals surface area contributed by atoms with Crippen LogP contribution >= 0.6 is 0 Å². The lowest BCUT2D eigenvalue weighted by Crippen LogP contribution is -2.27. The molecule has 0 heterocycles. The van der Waals surface area contributed by atoms with Crippen molar-refractivity contribution in [3.8, 4) is 12.3 Å². The van der Waals surface area contributed by atoms with Crippen molar-refractivity contribution in [2.45, 2.75) is 18.9 Å². The summed E-state index contributed by atoms with van der Waals surface area (Å²) in [6, 6.07) is 6.26. The average Bonchev–Trinajstić information content (AvgIpc) is 2.19. The van der Waals surface area contributed by atoms with Crippen molar-refractivity contribution < 1.29 is 4.39 Å². The third kappa shape index (κ3) is 2.84. The Labute approximate surface area is 83.3 Å². The second kappa shape index (κ2) is 5.38. The van der Waals surface area contributed by atoms with Gasteiger partial charge in [0.1, 0.15) is 5.82 Å². The van der Waals surface area contributed by atoms with E-state index in [2.05, 4.69) is 11.3 Å². The lowest BCUT2D eigenvalue weighted by Gasteiger charge is -2.14. The van der Waals surface area contributed by atoms with Gasteiger partial charge < -0.3 is 0 Å². The van der Waals surface area contributed by atoms with Crippen LogP contribution in [0.1, 0.15) is 24.4 Å². The van der Waals surface area contributed by atoms with E-state index < -0.39 is 0 Å². The van der Waals surface area contributed by atoms with Crippen molar-refractivity contribution in [2.24, 2.45) is 5.84 Å². The number of terminal acetylenes is 1. The summed E-state index contributed by atoms with van der Waals surface area (Å²) in [5.74, 6) is 7.62. The van der Waals surface area contributed by atoms with E-state index in [-0.39, 0.29) is 11.9 Å². The monoisotopic (exact) mass is 192 g/mol. The molecule has 0 bridgehead atoms. The first-order valence-corrected chi connectivity index (χ1v) is 4.43. The molecule has 74 valence electrons. The zero-order chi connectivity index (χ0) is 10.4. The second-order valence-electron chi connectivity index (χ2n) is 3.02. The molecule has 0 saturated heterocycles. The molecule has 3 N–H and O–H groups in total. The number of nitrogens with one attached hydrogen (secondary N) is 1. The Morgan fingerprint density at radius 3 is 2.93 bits per heavy atom. The average molecular weight is 192 g/mol. The highest BCUT2D eigenvalue weighted by Crippen LogP contribution is 2.17. The minimum Gasteiger partial charge on any atom is -0.271 e. The van der Waals surface area contributed by atoms with Crippen LogP contribution in [-0.4, -0.2) is 0 Å². The van der Waals surface area contributed by atoms with Crippen LogP contribution in [0.3, 0.4) is 0 Å². The quantitative estimate of drug-likeness (QED) is 0.433. The number of rotatable bonds is 4. The maximum absolute atomic E-state index is 12.9. The van der Waals surface area contributed by atoms with Crippen molar-refractivity contribution >= 4 is 0 Å². The van der Waals surface area contributed by atoms with Crippen LogP contribution in [0.5, 0.6) is 0 Å². The van der Waals surface area contributed by atoms with Crippen LogP contribution in [-0.2, 0) is 0 Å². The molecule has 0 aliphatic carbocycles.